The lowest BCUT2D eigenvalue weighted by molar-refractivity contribution is -0.139. The molecule has 0 saturated heterocycles. The summed E-state index contributed by atoms with van der Waals surface area (Å²) in [5.74, 6) is -0.594. The van der Waals surface area contributed by atoms with Gasteiger partial charge in [0.1, 0.15) is 3.70 Å². The van der Waals surface area contributed by atoms with Crippen LogP contribution in [0.2, 0.25) is 0 Å². The smallest absolute Gasteiger partial charge is 0.311 e. The Bertz CT molecular complexity index is 415. The zero-order valence-corrected chi connectivity index (χ0v) is 11.9. The third-order valence-electron chi connectivity index (χ3n) is 1.81. The first kappa shape index (κ1) is 13.8. The number of ether oxygens (including phenoxy) is 1. The second-order valence-corrected chi connectivity index (χ2v) is 4.80. The van der Waals surface area contributed by atoms with Crippen molar-refractivity contribution in [1.29, 1.82) is 0 Å². The predicted octanol–water partition coefficient (Wildman–Crippen LogP) is 3.10. The fraction of sp³-hybridized carbons (Fsp3) is 0.333. The third kappa shape index (κ3) is 3.34. The number of hydrogen-bond donors (Lipinski definition) is 0. The Kier molecular flexibility index (Phi) is 5.03. The van der Waals surface area contributed by atoms with E-state index >= 15 is 0 Å². The number of hydrogen-bond acceptors (Lipinski definition) is 3. The molecule has 1 aromatic rings. The van der Waals surface area contributed by atoms with Crippen LogP contribution < -0.4 is 0 Å². The second kappa shape index (κ2) is 5.85. The maximum absolute atomic E-state index is 12.7. The summed E-state index contributed by atoms with van der Waals surface area (Å²) in [6.45, 7) is 0. The third-order valence-corrected chi connectivity index (χ3v) is 3.02. The van der Waals surface area contributed by atoms with Gasteiger partial charge in [0.2, 0.25) is 0 Å². The second-order valence-electron chi connectivity index (χ2n) is 2.84. The largest absolute Gasteiger partial charge is 0.469 e. The first-order valence-electron chi connectivity index (χ1n) is 4.15. The molecule has 0 radical (unpaired) electrons. The van der Waals surface area contributed by atoms with Crippen molar-refractivity contribution >= 4 is 44.5 Å². The van der Waals surface area contributed by atoms with E-state index in [4.69, 9.17) is 0 Å². The molecule has 0 saturated carbocycles. The normalized spacial score (nSPS) is 10.6. The SMILES string of the molecule is COC(=O)Cc1nc(I)cc(Br)c1C(F)F. The topological polar surface area (TPSA) is 39.2 Å². The Morgan fingerprint density at radius 1 is 1.69 bits per heavy atom. The quantitative estimate of drug-likeness (QED) is 0.440. The lowest BCUT2D eigenvalue weighted by Gasteiger charge is -2.09. The van der Waals surface area contributed by atoms with Gasteiger partial charge in [0.15, 0.2) is 0 Å². The number of pyridine rings is 1. The van der Waals surface area contributed by atoms with Crippen molar-refractivity contribution in [2.75, 3.05) is 7.11 Å². The van der Waals surface area contributed by atoms with Crippen LogP contribution >= 0.6 is 38.5 Å². The van der Waals surface area contributed by atoms with Crippen LogP contribution in [0, 0.1) is 3.70 Å². The van der Waals surface area contributed by atoms with Crippen LogP contribution in [0.25, 0.3) is 0 Å². The first-order valence-corrected chi connectivity index (χ1v) is 6.02. The Hall–Kier alpha value is -0.310. The molecule has 0 unspecified atom stereocenters. The van der Waals surface area contributed by atoms with E-state index in [1.807, 2.05) is 22.6 Å². The lowest BCUT2D eigenvalue weighted by Crippen LogP contribution is -2.10. The number of esters is 1. The molecule has 0 bridgehead atoms. The molecule has 1 heterocycles. The van der Waals surface area contributed by atoms with Crippen molar-refractivity contribution in [3.8, 4) is 0 Å². The minimum absolute atomic E-state index is 0.0422. The van der Waals surface area contributed by atoms with Gasteiger partial charge in [-0.2, -0.15) is 0 Å². The molecule has 0 fully saturated rings. The summed E-state index contributed by atoms with van der Waals surface area (Å²) in [7, 11) is 1.20. The van der Waals surface area contributed by atoms with Gasteiger partial charge >= 0.3 is 5.97 Å². The summed E-state index contributed by atoms with van der Waals surface area (Å²) < 4.78 is 30.7. The van der Waals surface area contributed by atoms with Gasteiger partial charge in [0.05, 0.1) is 24.8 Å². The molecule has 0 amide bonds. The summed E-state index contributed by atoms with van der Waals surface area (Å²) in [5, 5.41) is 0. The Morgan fingerprint density at radius 2 is 2.31 bits per heavy atom. The van der Waals surface area contributed by atoms with Crippen molar-refractivity contribution in [3.05, 3.63) is 25.5 Å². The molecule has 0 spiro atoms. The number of aromatic nitrogens is 1. The fourth-order valence-electron chi connectivity index (χ4n) is 1.12. The molecule has 0 aliphatic heterocycles. The molecular weight excluding hydrogens is 399 g/mol. The van der Waals surface area contributed by atoms with Gasteiger partial charge in [0.25, 0.3) is 6.43 Å². The number of carbonyl (C=O) groups is 1. The maximum Gasteiger partial charge on any atom is 0.311 e. The highest BCUT2D eigenvalue weighted by atomic mass is 127. The molecule has 0 atom stereocenters. The number of methoxy groups -OCH3 is 1. The number of halogens is 4. The van der Waals surface area contributed by atoms with E-state index < -0.39 is 12.4 Å². The molecular formula is C9H7BrF2INO2. The molecule has 7 heteroatoms. The van der Waals surface area contributed by atoms with Gasteiger partial charge in [-0.25, -0.2) is 13.8 Å². The highest BCUT2D eigenvalue weighted by molar-refractivity contribution is 14.1. The average molecular weight is 406 g/mol. The van der Waals surface area contributed by atoms with Crippen molar-refractivity contribution in [2.24, 2.45) is 0 Å². The minimum Gasteiger partial charge on any atom is -0.469 e. The van der Waals surface area contributed by atoms with Crippen molar-refractivity contribution in [1.82, 2.24) is 4.98 Å². The molecule has 3 nitrogen and oxygen atoms in total. The number of carbonyl (C=O) groups excluding carboxylic acids is 1. The van der Waals surface area contributed by atoms with E-state index in [-0.39, 0.29) is 22.2 Å². The van der Waals surface area contributed by atoms with Crippen molar-refractivity contribution < 1.29 is 18.3 Å². The van der Waals surface area contributed by atoms with Gasteiger partial charge < -0.3 is 4.74 Å². The van der Waals surface area contributed by atoms with Crippen LogP contribution in [-0.2, 0) is 16.0 Å². The molecule has 16 heavy (non-hydrogen) atoms. The summed E-state index contributed by atoms with van der Waals surface area (Å²) in [6, 6.07) is 1.48. The van der Waals surface area contributed by atoms with Crippen LogP contribution in [0.3, 0.4) is 0 Å². The molecule has 0 aliphatic rings. The fourth-order valence-corrected chi connectivity index (χ4v) is 2.76. The Morgan fingerprint density at radius 3 is 2.81 bits per heavy atom. The number of alkyl halides is 2. The van der Waals surface area contributed by atoms with Gasteiger partial charge in [-0.3, -0.25) is 4.79 Å². The van der Waals surface area contributed by atoms with Crippen molar-refractivity contribution in [2.45, 2.75) is 12.8 Å². The summed E-state index contributed by atoms with van der Waals surface area (Å²) in [6.07, 6.45) is -2.94. The number of rotatable bonds is 3. The molecule has 0 N–H and O–H groups in total. The van der Waals surface area contributed by atoms with E-state index in [9.17, 15) is 13.6 Å². The van der Waals surface area contributed by atoms with Crippen LogP contribution in [0.1, 0.15) is 17.7 Å². The van der Waals surface area contributed by atoms with E-state index in [0.29, 0.717) is 3.70 Å². The zero-order valence-electron chi connectivity index (χ0n) is 8.14. The first-order chi connectivity index (χ1) is 7.45. The molecule has 1 aromatic heterocycles. The molecule has 0 aliphatic carbocycles. The van der Waals surface area contributed by atoms with E-state index in [2.05, 4.69) is 25.7 Å². The van der Waals surface area contributed by atoms with E-state index in [0.717, 1.165) is 0 Å². The van der Waals surface area contributed by atoms with Crippen LogP contribution in [0.4, 0.5) is 8.78 Å². The molecule has 0 aromatic carbocycles. The predicted molar refractivity (Wildman–Crippen MR) is 65.3 cm³/mol. The Labute approximate surface area is 113 Å². The Balaban J connectivity index is 3.18. The number of nitrogens with zero attached hydrogens (tertiary/aromatic N) is 1. The highest BCUT2D eigenvalue weighted by Crippen LogP contribution is 2.31. The summed E-state index contributed by atoms with van der Waals surface area (Å²) in [5.41, 5.74) is -0.216. The minimum atomic E-state index is -2.68. The maximum atomic E-state index is 12.7. The van der Waals surface area contributed by atoms with Crippen LogP contribution in [0.5, 0.6) is 0 Å². The van der Waals surface area contributed by atoms with E-state index in [1.165, 1.54) is 13.2 Å². The summed E-state index contributed by atoms with van der Waals surface area (Å²) in [4.78, 5) is 15.0. The zero-order chi connectivity index (χ0) is 12.3. The summed E-state index contributed by atoms with van der Waals surface area (Å²) >= 11 is 4.93. The van der Waals surface area contributed by atoms with Gasteiger partial charge in [-0.15, -0.1) is 0 Å². The monoisotopic (exact) mass is 405 g/mol. The van der Waals surface area contributed by atoms with Crippen LogP contribution in [0.15, 0.2) is 10.5 Å². The van der Waals surface area contributed by atoms with Gasteiger partial charge in [-0.1, -0.05) is 15.9 Å². The average Bonchev–Trinajstić information content (AvgIpc) is 2.15. The van der Waals surface area contributed by atoms with Crippen molar-refractivity contribution in [3.63, 3.8) is 0 Å². The van der Waals surface area contributed by atoms with Gasteiger partial charge in [-0.05, 0) is 28.7 Å². The lowest BCUT2D eigenvalue weighted by atomic mass is 10.1. The van der Waals surface area contributed by atoms with E-state index in [1.54, 1.807) is 0 Å². The standard InChI is InChI=1S/C9H7BrF2INO2/c1-16-7(15)3-5-8(9(11)12)4(10)2-6(13)14-5/h2,9H,3H2,1H3. The van der Waals surface area contributed by atoms with Crippen LogP contribution in [-0.4, -0.2) is 18.1 Å². The van der Waals surface area contributed by atoms with Gasteiger partial charge in [0, 0.05) is 4.47 Å². The molecule has 88 valence electrons. The molecule has 1 rings (SSSR count). The highest BCUT2D eigenvalue weighted by Gasteiger charge is 2.21.